The second-order valence-corrected chi connectivity index (χ2v) is 13.8. The SMILES string of the molecule is CC[C@H](C)C[C@H](C)C[C@H](C)[C@@H](O[C@@H]1O[C@H](CO)[C@@H](O)[C@H](O)[C@@H]1O)[C@@H](C)/C=C(\C)[C@@H](O)[C@@H](C)/C=C(\C)[C@@H](O)[C@@H](C)/C=C(\C)C(=O)O. The minimum Gasteiger partial charge on any atom is -0.478 e. The Morgan fingerprint density at radius 3 is 1.78 bits per heavy atom. The zero-order valence-corrected chi connectivity index (χ0v) is 29.0. The molecule has 1 heterocycles. The van der Waals surface area contributed by atoms with Crippen molar-refractivity contribution in [2.75, 3.05) is 6.61 Å². The van der Waals surface area contributed by atoms with Crippen LogP contribution in [0.4, 0.5) is 0 Å². The average molecular weight is 643 g/mol. The van der Waals surface area contributed by atoms with Crippen molar-refractivity contribution in [1.82, 2.24) is 0 Å². The first kappa shape index (κ1) is 41.4. The van der Waals surface area contributed by atoms with Crippen molar-refractivity contribution in [3.63, 3.8) is 0 Å². The van der Waals surface area contributed by atoms with E-state index in [1.54, 1.807) is 19.9 Å². The number of ether oxygens (including phenoxy) is 2. The van der Waals surface area contributed by atoms with Crippen LogP contribution < -0.4 is 0 Å². The number of hydrogen-bond donors (Lipinski definition) is 7. The Morgan fingerprint density at radius 2 is 1.29 bits per heavy atom. The number of carbonyl (C=O) groups is 1. The van der Waals surface area contributed by atoms with E-state index >= 15 is 0 Å². The zero-order valence-electron chi connectivity index (χ0n) is 29.0. The lowest BCUT2D eigenvalue weighted by molar-refractivity contribution is -0.317. The Kier molecular flexibility index (Phi) is 17.7. The predicted molar refractivity (Wildman–Crippen MR) is 174 cm³/mol. The third kappa shape index (κ3) is 12.5. The number of aliphatic hydroxyl groups excluding tert-OH is 6. The van der Waals surface area contributed by atoms with Gasteiger partial charge in [-0.25, -0.2) is 4.79 Å². The van der Waals surface area contributed by atoms with Gasteiger partial charge in [0.15, 0.2) is 6.29 Å². The van der Waals surface area contributed by atoms with E-state index in [0.29, 0.717) is 23.0 Å². The van der Waals surface area contributed by atoms with Crippen LogP contribution in [0.3, 0.4) is 0 Å². The molecule has 0 radical (unpaired) electrons. The fourth-order valence-electron chi connectivity index (χ4n) is 6.43. The lowest BCUT2D eigenvalue weighted by atomic mass is 9.82. The highest BCUT2D eigenvalue weighted by molar-refractivity contribution is 5.85. The summed E-state index contributed by atoms with van der Waals surface area (Å²) in [6, 6.07) is 0. The topological polar surface area (TPSA) is 177 Å². The molecule has 10 nitrogen and oxygen atoms in total. The third-order valence-corrected chi connectivity index (χ3v) is 9.33. The molecule has 0 amide bonds. The minimum atomic E-state index is -1.55. The van der Waals surface area contributed by atoms with E-state index in [1.165, 1.54) is 13.0 Å². The normalized spacial score (nSPS) is 29.7. The molecule has 0 spiro atoms. The number of rotatable bonds is 18. The van der Waals surface area contributed by atoms with Gasteiger partial charge in [-0.15, -0.1) is 0 Å². The molecule has 7 N–H and O–H groups in total. The summed E-state index contributed by atoms with van der Waals surface area (Å²) in [7, 11) is 0. The zero-order chi connectivity index (χ0) is 34.8. The van der Waals surface area contributed by atoms with Crippen molar-refractivity contribution in [3.05, 3.63) is 34.9 Å². The number of carboxylic acids is 1. The smallest absolute Gasteiger partial charge is 0.330 e. The van der Waals surface area contributed by atoms with E-state index in [0.717, 1.165) is 19.3 Å². The molecule has 0 aliphatic carbocycles. The largest absolute Gasteiger partial charge is 0.478 e. The van der Waals surface area contributed by atoms with Gasteiger partial charge in [0.25, 0.3) is 0 Å². The maximum absolute atomic E-state index is 11.2. The van der Waals surface area contributed by atoms with Gasteiger partial charge < -0.3 is 45.2 Å². The standard InChI is InChI=1S/C35H62O10/c1-11-18(2)12-19(3)13-24(8)33(45-35-32(41)31(40)30(39)27(17-36)44-35)25(9)15-22(6)28(37)20(4)14-21(5)29(38)23(7)16-26(10)34(42)43/h14-16,18-20,23-25,27-33,35-41H,11-13,17H2,1-10H3,(H,42,43)/b21-14+,22-15+,26-16+/t18-,19-,20-,23-,24-,25-,27+,28-,29+,30+,31-,32-,33+,35-/m0/s1. The van der Waals surface area contributed by atoms with Gasteiger partial charge in [0.05, 0.1) is 24.9 Å². The van der Waals surface area contributed by atoms with Crippen LogP contribution in [0.5, 0.6) is 0 Å². The first-order valence-electron chi connectivity index (χ1n) is 16.5. The van der Waals surface area contributed by atoms with Crippen LogP contribution in [0.1, 0.15) is 88.5 Å². The molecule has 45 heavy (non-hydrogen) atoms. The Hall–Kier alpha value is -1.63. The second-order valence-electron chi connectivity index (χ2n) is 13.8. The highest BCUT2D eigenvalue weighted by atomic mass is 16.7. The molecule has 0 bridgehead atoms. The summed E-state index contributed by atoms with van der Waals surface area (Å²) in [5.41, 5.74) is 1.46. The van der Waals surface area contributed by atoms with Crippen LogP contribution in [0.15, 0.2) is 34.9 Å². The Labute approximate surface area is 270 Å². The molecule has 1 aliphatic rings. The van der Waals surface area contributed by atoms with Gasteiger partial charge in [-0.3, -0.25) is 0 Å². The molecule has 10 heteroatoms. The maximum atomic E-state index is 11.2. The van der Waals surface area contributed by atoms with E-state index in [1.807, 2.05) is 26.8 Å². The van der Waals surface area contributed by atoms with Gasteiger partial charge in [-0.05, 0) is 62.5 Å². The fourth-order valence-corrected chi connectivity index (χ4v) is 6.43. The van der Waals surface area contributed by atoms with Gasteiger partial charge >= 0.3 is 5.97 Å². The lowest BCUT2D eigenvalue weighted by Crippen LogP contribution is -2.60. The van der Waals surface area contributed by atoms with Crippen LogP contribution in [0, 0.1) is 35.5 Å². The molecule has 1 aliphatic heterocycles. The van der Waals surface area contributed by atoms with Crippen LogP contribution in [0.2, 0.25) is 0 Å². The van der Waals surface area contributed by atoms with Gasteiger partial charge in [0.2, 0.25) is 0 Å². The summed E-state index contributed by atoms with van der Waals surface area (Å²) in [5, 5.41) is 72.1. The molecule has 1 rings (SSSR count). The average Bonchev–Trinajstić information content (AvgIpc) is 2.97. The van der Waals surface area contributed by atoms with Crippen molar-refractivity contribution in [2.45, 2.75) is 138 Å². The fraction of sp³-hybridized carbons (Fsp3) is 0.800. The van der Waals surface area contributed by atoms with Crippen LogP contribution in [-0.2, 0) is 14.3 Å². The van der Waals surface area contributed by atoms with Crippen molar-refractivity contribution >= 4 is 5.97 Å². The molecular formula is C35H62O10. The summed E-state index contributed by atoms with van der Waals surface area (Å²) in [6.45, 7) is 18.7. The molecule has 262 valence electrons. The third-order valence-electron chi connectivity index (χ3n) is 9.33. The highest BCUT2D eigenvalue weighted by Gasteiger charge is 2.45. The van der Waals surface area contributed by atoms with Gasteiger partial charge in [-0.2, -0.15) is 0 Å². The summed E-state index contributed by atoms with van der Waals surface area (Å²) in [4.78, 5) is 11.2. The van der Waals surface area contributed by atoms with Crippen molar-refractivity contribution in [3.8, 4) is 0 Å². The number of hydrogen-bond acceptors (Lipinski definition) is 9. The number of aliphatic carboxylic acids is 1. The van der Waals surface area contributed by atoms with Crippen LogP contribution in [-0.4, -0.2) is 97.3 Å². The van der Waals surface area contributed by atoms with Gasteiger partial charge in [0.1, 0.15) is 24.4 Å². The first-order valence-corrected chi connectivity index (χ1v) is 16.5. The summed E-state index contributed by atoms with van der Waals surface area (Å²) in [5.74, 6) is -1.13. The van der Waals surface area contributed by atoms with Crippen molar-refractivity contribution < 1.29 is 50.0 Å². The first-order chi connectivity index (χ1) is 20.9. The maximum Gasteiger partial charge on any atom is 0.330 e. The monoisotopic (exact) mass is 642 g/mol. The van der Waals surface area contributed by atoms with Crippen molar-refractivity contribution in [1.29, 1.82) is 0 Å². The molecule has 0 unspecified atom stereocenters. The second kappa shape index (κ2) is 19.3. The van der Waals surface area contributed by atoms with Crippen LogP contribution in [0.25, 0.3) is 0 Å². The molecule has 0 aromatic heterocycles. The number of aliphatic hydroxyl groups is 6. The van der Waals surface area contributed by atoms with E-state index in [-0.39, 0.29) is 23.3 Å². The molecule has 0 aromatic carbocycles. The summed E-state index contributed by atoms with van der Waals surface area (Å²) >= 11 is 0. The lowest BCUT2D eigenvalue weighted by Gasteiger charge is -2.42. The molecule has 0 aromatic rings. The Balaban J connectivity index is 3.23. The van der Waals surface area contributed by atoms with E-state index < -0.39 is 67.5 Å². The van der Waals surface area contributed by atoms with Crippen LogP contribution >= 0.6 is 0 Å². The highest BCUT2D eigenvalue weighted by Crippen LogP contribution is 2.33. The molecular weight excluding hydrogens is 580 g/mol. The molecule has 14 atom stereocenters. The van der Waals surface area contributed by atoms with E-state index in [4.69, 9.17) is 14.6 Å². The molecule has 0 saturated carbocycles. The van der Waals surface area contributed by atoms with Crippen molar-refractivity contribution in [2.24, 2.45) is 35.5 Å². The van der Waals surface area contributed by atoms with Gasteiger partial charge in [-0.1, -0.05) is 73.1 Å². The number of carboxylic acid groups (broad SMARTS) is 1. The summed E-state index contributed by atoms with van der Waals surface area (Å²) < 4.78 is 12.0. The predicted octanol–water partition coefficient (Wildman–Crippen LogP) is 3.82. The quantitative estimate of drug-likeness (QED) is 0.0859. The molecule has 1 fully saturated rings. The molecule has 1 saturated heterocycles. The van der Waals surface area contributed by atoms with E-state index in [2.05, 4.69) is 27.7 Å². The Bertz CT molecular complexity index is 991. The Morgan fingerprint density at radius 1 is 0.778 bits per heavy atom. The minimum absolute atomic E-state index is 0.00821. The summed E-state index contributed by atoms with van der Waals surface area (Å²) in [6.07, 6.45) is -1.000. The van der Waals surface area contributed by atoms with E-state index in [9.17, 15) is 35.4 Å². The van der Waals surface area contributed by atoms with Gasteiger partial charge in [0, 0.05) is 23.3 Å².